The van der Waals surface area contributed by atoms with Crippen molar-refractivity contribution in [3.8, 4) is 0 Å². The van der Waals surface area contributed by atoms with Crippen molar-refractivity contribution in [2.45, 2.75) is 12.8 Å². The van der Waals surface area contributed by atoms with Gasteiger partial charge in [-0.1, -0.05) is 0 Å². The van der Waals surface area contributed by atoms with Crippen LogP contribution in [0.15, 0.2) is 17.1 Å². The number of nitro groups is 2. The summed E-state index contributed by atoms with van der Waals surface area (Å²) in [6, 6.07) is 0. The standard InChI is InChI=1S/C9H12N9O4/c10-3-1-2-4-11-8-13-6(7(17(19)20)18(21)22)16-5-12-15-9(16)14-8/h5H,1-4,10H2,(H-,11,13,14,15)/q-1. The van der Waals surface area contributed by atoms with Crippen LogP contribution in [0, 0.1) is 20.2 Å². The fourth-order valence-electron chi connectivity index (χ4n) is 1.67. The van der Waals surface area contributed by atoms with Gasteiger partial charge in [0.15, 0.2) is 5.95 Å². The summed E-state index contributed by atoms with van der Waals surface area (Å²) in [7, 11) is 0. The molecule has 0 radical (unpaired) electrons. The molecule has 1 aliphatic heterocycles. The fourth-order valence-corrected chi connectivity index (χ4v) is 1.67. The minimum atomic E-state index is -1.24. The van der Waals surface area contributed by atoms with E-state index in [0.717, 1.165) is 17.3 Å². The van der Waals surface area contributed by atoms with E-state index in [1.807, 2.05) is 0 Å². The highest BCUT2D eigenvalue weighted by Gasteiger charge is 2.34. The van der Waals surface area contributed by atoms with E-state index < -0.39 is 21.5 Å². The largest absolute Gasteiger partial charge is 0.585 e. The van der Waals surface area contributed by atoms with Gasteiger partial charge in [-0.05, 0) is 25.9 Å². The van der Waals surface area contributed by atoms with Crippen molar-refractivity contribution in [3.63, 3.8) is 0 Å². The van der Waals surface area contributed by atoms with Crippen LogP contribution in [0.2, 0.25) is 0 Å². The number of nitrogens with one attached hydrogen (secondary N) is 1. The number of nitrogens with two attached hydrogens (primary N) is 1. The van der Waals surface area contributed by atoms with Crippen LogP contribution < -0.4 is 11.1 Å². The Labute approximate surface area is 123 Å². The van der Waals surface area contributed by atoms with Crippen LogP contribution in [0.4, 0.5) is 5.95 Å². The Balaban J connectivity index is 2.31. The van der Waals surface area contributed by atoms with Crippen LogP contribution >= 0.6 is 0 Å². The number of aliphatic imine (C=N–C) groups is 1. The molecular formula is C9H12N9O4-. The Hall–Kier alpha value is -3.09. The molecule has 0 aromatic carbocycles. The van der Waals surface area contributed by atoms with Crippen LogP contribution in [0.3, 0.4) is 0 Å². The number of guanidine groups is 1. The molecule has 0 fully saturated rings. The third-order valence-corrected chi connectivity index (χ3v) is 2.64. The topological polar surface area (TPSA) is 182 Å². The first-order chi connectivity index (χ1) is 10.5. The minimum Gasteiger partial charge on any atom is -0.394 e. The second kappa shape index (κ2) is 6.57. The van der Waals surface area contributed by atoms with Crippen LogP contribution in [-0.4, -0.2) is 43.7 Å². The van der Waals surface area contributed by atoms with E-state index in [1.165, 1.54) is 0 Å². The third kappa shape index (κ3) is 3.14. The lowest BCUT2D eigenvalue weighted by molar-refractivity contribution is -0.615. The Kier molecular flexibility index (Phi) is 4.57. The molecule has 1 aliphatic rings. The first-order valence-electron chi connectivity index (χ1n) is 6.21. The average molecular weight is 310 g/mol. The maximum absolute atomic E-state index is 10.9. The van der Waals surface area contributed by atoms with Gasteiger partial charge in [-0.25, -0.2) is 0 Å². The average Bonchev–Trinajstić information content (AvgIpc) is 2.91. The molecule has 0 saturated carbocycles. The van der Waals surface area contributed by atoms with Gasteiger partial charge in [0.05, 0.1) is 0 Å². The number of aromatic nitrogens is 3. The molecule has 1 aromatic rings. The second-order valence-electron chi connectivity index (χ2n) is 4.13. The summed E-state index contributed by atoms with van der Waals surface area (Å²) in [5.74, 6) is -1.70. The van der Waals surface area contributed by atoms with Crippen LogP contribution in [-0.2, 0) is 0 Å². The van der Waals surface area contributed by atoms with E-state index in [-0.39, 0.29) is 11.9 Å². The summed E-state index contributed by atoms with van der Waals surface area (Å²) >= 11 is 0. The molecule has 2 rings (SSSR count). The summed E-state index contributed by atoms with van der Waals surface area (Å²) in [4.78, 5) is 23.6. The van der Waals surface area contributed by atoms with Gasteiger partial charge in [-0.3, -0.25) is 24.8 Å². The van der Waals surface area contributed by atoms with Crippen LogP contribution in [0.5, 0.6) is 0 Å². The summed E-state index contributed by atoms with van der Waals surface area (Å²) in [5.41, 5.74) is 5.36. The molecule has 1 aromatic heterocycles. The van der Waals surface area contributed by atoms with Crippen molar-refractivity contribution in [3.05, 3.63) is 37.7 Å². The number of nitrogens with zero attached hydrogens (tertiary/aromatic N) is 7. The van der Waals surface area contributed by atoms with Crippen molar-refractivity contribution in [2.75, 3.05) is 13.1 Å². The zero-order valence-corrected chi connectivity index (χ0v) is 11.2. The Morgan fingerprint density at radius 2 is 2.09 bits per heavy atom. The Bertz CT molecular complexity index is 633. The quantitative estimate of drug-likeness (QED) is 0.404. The van der Waals surface area contributed by atoms with E-state index in [0.29, 0.717) is 19.5 Å². The van der Waals surface area contributed by atoms with E-state index in [9.17, 15) is 20.2 Å². The van der Waals surface area contributed by atoms with Gasteiger partial charge >= 0.3 is 5.82 Å². The van der Waals surface area contributed by atoms with Gasteiger partial charge in [-0.2, -0.15) is 0 Å². The summed E-state index contributed by atoms with van der Waals surface area (Å²) in [6.45, 7) is 0.887. The lowest BCUT2D eigenvalue weighted by atomic mass is 10.3. The lowest BCUT2D eigenvalue weighted by Crippen LogP contribution is -2.32. The molecule has 3 N–H and O–H groups in total. The molecular weight excluding hydrogens is 298 g/mol. The van der Waals surface area contributed by atoms with Gasteiger partial charge in [0.1, 0.15) is 16.2 Å². The Morgan fingerprint density at radius 3 is 2.73 bits per heavy atom. The maximum atomic E-state index is 10.9. The predicted octanol–water partition coefficient (Wildman–Crippen LogP) is -0.382. The highest BCUT2D eigenvalue weighted by atomic mass is 16.7. The molecule has 0 unspecified atom stereocenters. The number of hydrogen-bond donors (Lipinski definition) is 2. The fraction of sp³-hybridized carbons (Fsp3) is 0.444. The highest BCUT2D eigenvalue weighted by molar-refractivity contribution is 5.99. The normalized spacial score (nSPS) is 13.0. The molecule has 0 bridgehead atoms. The van der Waals surface area contributed by atoms with Crippen molar-refractivity contribution >= 4 is 17.7 Å². The number of unbranched alkanes of at least 4 members (excludes halogenated alkanes) is 1. The zero-order chi connectivity index (χ0) is 16.1. The van der Waals surface area contributed by atoms with E-state index in [4.69, 9.17) is 5.73 Å². The van der Waals surface area contributed by atoms with Crippen molar-refractivity contribution in [2.24, 2.45) is 10.7 Å². The minimum absolute atomic E-state index is 0.00581. The van der Waals surface area contributed by atoms with Crippen LogP contribution in [0.1, 0.15) is 12.8 Å². The molecule has 13 heteroatoms. The predicted molar refractivity (Wildman–Crippen MR) is 74.0 cm³/mol. The SMILES string of the molecule is NCCCC[N-]C1=Nc2nncn2C(=C([N+](=O)[O-])[N+](=O)[O-])N1. The molecule has 22 heavy (non-hydrogen) atoms. The maximum Gasteiger partial charge on any atom is 0.585 e. The van der Waals surface area contributed by atoms with Gasteiger partial charge in [0, 0.05) is 5.96 Å². The molecule has 118 valence electrons. The van der Waals surface area contributed by atoms with Gasteiger partial charge in [0.25, 0.3) is 0 Å². The van der Waals surface area contributed by atoms with Gasteiger partial charge < -0.3 is 21.4 Å². The van der Waals surface area contributed by atoms with E-state index in [2.05, 4.69) is 25.8 Å². The number of rotatable bonds is 6. The second-order valence-corrected chi connectivity index (χ2v) is 4.13. The molecule has 0 atom stereocenters. The number of hydrogen-bond acceptors (Lipinski definition) is 9. The molecule has 13 nitrogen and oxygen atoms in total. The molecule has 2 heterocycles. The van der Waals surface area contributed by atoms with Gasteiger partial charge in [0.2, 0.25) is 5.82 Å². The van der Waals surface area contributed by atoms with E-state index in [1.54, 1.807) is 0 Å². The smallest absolute Gasteiger partial charge is 0.394 e. The highest BCUT2D eigenvalue weighted by Crippen LogP contribution is 2.22. The summed E-state index contributed by atoms with van der Waals surface area (Å²) in [6.07, 6.45) is 2.53. The zero-order valence-electron chi connectivity index (χ0n) is 11.2. The van der Waals surface area contributed by atoms with Crippen molar-refractivity contribution < 1.29 is 9.85 Å². The monoisotopic (exact) mass is 310 g/mol. The first-order valence-corrected chi connectivity index (χ1v) is 6.21. The summed E-state index contributed by atoms with van der Waals surface area (Å²) < 4.78 is 1.01. The molecule has 0 spiro atoms. The molecule has 0 aliphatic carbocycles. The molecule has 0 amide bonds. The molecule has 0 saturated heterocycles. The van der Waals surface area contributed by atoms with E-state index >= 15 is 0 Å². The Morgan fingerprint density at radius 1 is 1.36 bits per heavy atom. The van der Waals surface area contributed by atoms with Gasteiger partial charge in [-0.15, -0.1) is 10.2 Å². The van der Waals surface area contributed by atoms with Crippen LogP contribution in [0.25, 0.3) is 11.1 Å². The van der Waals surface area contributed by atoms with Crippen molar-refractivity contribution in [1.29, 1.82) is 0 Å². The van der Waals surface area contributed by atoms with Crippen molar-refractivity contribution in [1.82, 2.24) is 20.1 Å². The first kappa shape index (κ1) is 15.3. The third-order valence-electron chi connectivity index (χ3n) is 2.64. The lowest BCUT2D eigenvalue weighted by Gasteiger charge is -2.25. The number of fused-ring (bicyclic) bond motifs is 1. The summed E-state index contributed by atoms with van der Waals surface area (Å²) in [5, 5.41) is 35.5.